The van der Waals surface area contributed by atoms with Gasteiger partial charge >= 0.3 is 6.09 Å². The van der Waals surface area contributed by atoms with E-state index in [1.807, 2.05) is 0 Å². The quantitative estimate of drug-likeness (QED) is 0.648. The smallest absolute Gasteiger partial charge is 0.407 e. The number of aromatic nitrogens is 3. The molecule has 0 unspecified atom stereocenters. The number of imidazole rings is 1. The molecule has 0 aromatic carbocycles. The third-order valence-electron chi connectivity index (χ3n) is 3.78. The third-order valence-corrected chi connectivity index (χ3v) is 7.18. The highest BCUT2D eigenvalue weighted by atomic mass is 32.2. The SMILES string of the molecule is CN(Cc1cc(-c2cccnc2F)c(S(=O)(=O)c2nccn2C)s1)C(=O)O. The standard InChI is InChI=1S/C16H15FN4O4S2/c1-20-7-6-19-15(20)27(24,25)14-12(11-4-3-5-18-13(11)17)8-10(26-14)9-21(2)16(22)23/h3-8H,9H2,1-2H3,(H,22,23). The Bertz CT molecular complexity index is 1110. The summed E-state index contributed by atoms with van der Waals surface area (Å²) in [6.45, 7) is -0.0367. The Morgan fingerprint density at radius 3 is 2.67 bits per heavy atom. The summed E-state index contributed by atoms with van der Waals surface area (Å²) in [6, 6.07) is 4.39. The first-order valence-corrected chi connectivity index (χ1v) is 9.92. The minimum Gasteiger partial charge on any atom is -0.465 e. The minimum atomic E-state index is -4.05. The lowest BCUT2D eigenvalue weighted by molar-refractivity contribution is 0.154. The van der Waals surface area contributed by atoms with Gasteiger partial charge in [0.2, 0.25) is 20.9 Å². The van der Waals surface area contributed by atoms with E-state index in [0.29, 0.717) is 4.88 Å². The molecule has 3 rings (SSSR count). The van der Waals surface area contributed by atoms with Gasteiger partial charge in [-0.05, 0) is 18.2 Å². The van der Waals surface area contributed by atoms with Crippen molar-refractivity contribution < 1.29 is 22.7 Å². The summed E-state index contributed by atoms with van der Waals surface area (Å²) in [5.41, 5.74) is 0.146. The molecule has 0 radical (unpaired) electrons. The molecule has 0 aliphatic heterocycles. The fourth-order valence-electron chi connectivity index (χ4n) is 2.47. The fourth-order valence-corrected chi connectivity index (χ4v) is 5.67. The van der Waals surface area contributed by atoms with Crippen LogP contribution in [0.15, 0.2) is 46.2 Å². The molecule has 8 nitrogen and oxygen atoms in total. The van der Waals surface area contributed by atoms with Crippen LogP contribution in [-0.4, -0.2) is 46.1 Å². The molecule has 142 valence electrons. The van der Waals surface area contributed by atoms with Crippen LogP contribution in [-0.2, 0) is 23.4 Å². The first-order valence-electron chi connectivity index (χ1n) is 7.62. The van der Waals surface area contributed by atoms with Crippen molar-refractivity contribution in [2.24, 2.45) is 7.05 Å². The number of rotatable bonds is 5. The number of pyridine rings is 1. The first-order chi connectivity index (χ1) is 12.7. The molecule has 0 aliphatic carbocycles. The molecule has 0 saturated heterocycles. The Morgan fingerprint density at radius 2 is 2.07 bits per heavy atom. The van der Waals surface area contributed by atoms with Gasteiger partial charge in [-0.25, -0.2) is 23.2 Å². The van der Waals surface area contributed by atoms with Crippen LogP contribution < -0.4 is 0 Å². The van der Waals surface area contributed by atoms with Crippen LogP contribution >= 0.6 is 11.3 Å². The Balaban J connectivity index is 2.20. The highest BCUT2D eigenvalue weighted by Gasteiger charge is 2.30. The lowest BCUT2D eigenvalue weighted by Crippen LogP contribution is -2.23. The maximum absolute atomic E-state index is 14.2. The zero-order valence-electron chi connectivity index (χ0n) is 14.3. The van der Waals surface area contributed by atoms with Crippen LogP contribution in [0.5, 0.6) is 0 Å². The molecule has 1 amide bonds. The van der Waals surface area contributed by atoms with E-state index in [4.69, 9.17) is 5.11 Å². The molecule has 1 N–H and O–H groups in total. The Hall–Kier alpha value is -2.79. The normalized spacial score (nSPS) is 11.5. The highest BCUT2D eigenvalue weighted by Crippen LogP contribution is 2.39. The van der Waals surface area contributed by atoms with E-state index in [-0.39, 0.29) is 27.0 Å². The average Bonchev–Trinajstić information content (AvgIpc) is 3.22. The fraction of sp³-hybridized carbons (Fsp3) is 0.188. The largest absolute Gasteiger partial charge is 0.465 e. The minimum absolute atomic E-state index is 0.0192. The van der Waals surface area contributed by atoms with Gasteiger partial charge in [0.15, 0.2) is 0 Å². The van der Waals surface area contributed by atoms with Gasteiger partial charge in [0.25, 0.3) is 0 Å². The van der Waals surface area contributed by atoms with Crippen LogP contribution in [0.3, 0.4) is 0 Å². The molecule has 3 aromatic rings. The Labute approximate surface area is 158 Å². The van der Waals surface area contributed by atoms with Crippen molar-refractivity contribution in [1.82, 2.24) is 19.4 Å². The molecule has 0 atom stereocenters. The molecule has 0 saturated carbocycles. The number of thiophene rings is 1. The summed E-state index contributed by atoms with van der Waals surface area (Å²) in [4.78, 5) is 20.0. The van der Waals surface area contributed by atoms with Gasteiger partial charge in [-0.1, -0.05) is 0 Å². The van der Waals surface area contributed by atoms with E-state index in [2.05, 4.69) is 9.97 Å². The average molecular weight is 410 g/mol. The second-order valence-electron chi connectivity index (χ2n) is 5.72. The van der Waals surface area contributed by atoms with E-state index in [1.165, 1.54) is 55.5 Å². The molecule has 11 heteroatoms. The Kier molecular flexibility index (Phi) is 4.98. The van der Waals surface area contributed by atoms with Crippen molar-refractivity contribution >= 4 is 27.3 Å². The van der Waals surface area contributed by atoms with Crippen molar-refractivity contribution in [3.63, 3.8) is 0 Å². The number of hydrogen-bond donors (Lipinski definition) is 1. The number of carbonyl (C=O) groups is 1. The number of nitrogens with zero attached hydrogens (tertiary/aromatic N) is 4. The zero-order valence-corrected chi connectivity index (χ0v) is 16.0. The number of aryl methyl sites for hydroxylation is 1. The molecular weight excluding hydrogens is 395 g/mol. The second-order valence-corrected chi connectivity index (χ2v) is 8.89. The lowest BCUT2D eigenvalue weighted by atomic mass is 10.1. The monoisotopic (exact) mass is 410 g/mol. The van der Waals surface area contributed by atoms with Crippen LogP contribution in [0.1, 0.15) is 4.88 Å². The van der Waals surface area contributed by atoms with Crippen molar-refractivity contribution in [3.8, 4) is 11.1 Å². The predicted octanol–water partition coefficient (Wildman–Crippen LogP) is 2.63. The number of carboxylic acid groups (broad SMARTS) is 1. The molecule has 0 aliphatic rings. The van der Waals surface area contributed by atoms with Crippen LogP contribution in [0.25, 0.3) is 11.1 Å². The van der Waals surface area contributed by atoms with Gasteiger partial charge in [-0.15, -0.1) is 11.3 Å². The third kappa shape index (κ3) is 3.55. The van der Waals surface area contributed by atoms with Gasteiger partial charge in [0, 0.05) is 48.7 Å². The van der Waals surface area contributed by atoms with E-state index >= 15 is 0 Å². The summed E-state index contributed by atoms with van der Waals surface area (Å²) >= 11 is 0.882. The van der Waals surface area contributed by atoms with Gasteiger partial charge in [-0.3, -0.25) is 0 Å². The number of amides is 1. The van der Waals surface area contributed by atoms with E-state index in [1.54, 1.807) is 0 Å². The lowest BCUT2D eigenvalue weighted by Gasteiger charge is -2.10. The summed E-state index contributed by atoms with van der Waals surface area (Å²) in [5.74, 6) is -0.815. The van der Waals surface area contributed by atoms with E-state index < -0.39 is 21.9 Å². The topological polar surface area (TPSA) is 105 Å². The molecule has 3 aromatic heterocycles. The van der Waals surface area contributed by atoms with Gasteiger partial charge in [0.05, 0.1) is 6.54 Å². The number of halogens is 1. The summed E-state index contributed by atoms with van der Waals surface area (Å²) < 4.78 is 41.7. The molecular formula is C16H15FN4O4S2. The van der Waals surface area contributed by atoms with Crippen LogP contribution in [0.4, 0.5) is 9.18 Å². The summed E-state index contributed by atoms with van der Waals surface area (Å²) in [7, 11) is -1.15. The van der Waals surface area contributed by atoms with Crippen molar-refractivity contribution in [1.29, 1.82) is 0 Å². The zero-order chi connectivity index (χ0) is 19.8. The first kappa shape index (κ1) is 19.0. The van der Waals surface area contributed by atoms with Crippen molar-refractivity contribution in [3.05, 3.63) is 47.6 Å². The molecule has 3 heterocycles. The molecule has 27 heavy (non-hydrogen) atoms. The second kappa shape index (κ2) is 7.08. The Morgan fingerprint density at radius 1 is 1.33 bits per heavy atom. The van der Waals surface area contributed by atoms with Gasteiger partial charge in [0.1, 0.15) is 4.21 Å². The van der Waals surface area contributed by atoms with Gasteiger partial charge < -0.3 is 14.6 Å². The summed E-state index contributed by atoms with van der Waals surface area (Å²) in [6.07, 6.45) is 2.94. The van der Waals surface area contributed by atoms with E-state index in [9.17, 15) is 17.6 Å². The molecule has 0 bridgehead atoms. The van der Waals surface area contributed by atoms with E-state index in [0.717, 1.165) is 16.2 Å². The molecule has 0 spiro atoms. The molecule has 0 fully saturated rings. The maximum atomic E-state index is 14.2. The summed E-state index contributed by atoms with van der Waals surface area (Å²) in [5, 5.41) is 8.87. The number of sulfone groups is 1. The predicted molar refractivity (Wildman–Crippen MR) is 95.7 cm³/mol. The highest BCUT2D eigenvalue weighted by molar-refractivity contribution is 7.93. The maximum Gasteiger partial charge on any atom is 0.407 e. The number of hydrogen-bond acceptors (Lipinski definition) is 6. The van der Waals surface area contributed by atoms with Crippen LogP contribution in [0, 0.1) is 5.95 Å². The van der Waals surface area contributed by atoms with Crippen molar-refractivity contribution in [2.45, 2.75) is 15.9 Å². The van der Waals surface area contributed by atoms with Crippen molar-refractivity contribution in [2.75, 3.05) is 7.05 Å². The van der Waals surface area contributed by atoms with Crippen LogP contribution in [0.2, 0.25) is 0 Å². The van der Waals surface area contributed by atoms with Gasteiger partial charge in [-0.2, -0.15) is 4.39 Å².